The molecule has 2 heterocycles. The summed E-state index contributed by atoms with van der Waals surface area (Å²) in [5, 5.41) is 0. The minimum absolute atomic E-state index is 0.0591. The zero-order valence-electron chi connectivity index (χ0n) is 14.9. The molecule has 0 saturated carbocycles. The fraction of sp³-hybridized carbons (Fsp3) is 0.0952. The summed E-state index contributed by atoms with van der Waals surface area (Å²) in [6, 6.07) is 15.5. The molecule has 28 heavy (non-hydrogen) atoms. The summed E-state index contributed by atoms with van der Waals surface area (Å²) < 4.78 is 20.4. The molecule has 140 valence electrons. The quantitative estimate of drug-likeness (QED) is 0.477. The van der Waals surface area contributed by atoms with Crippen molar-refractivity contribution in [2.45, 2.75) is 6.54 Å². The average molecular weight is 394 g/mol. The number of fused-ring (bicyclic) bond motifs is 1. The van der Waals surface area contributed by atoms with Gasteiger partial charge in [0.2, 0.25) is 0 Å². The molecule has 0 aliphatic carbocycles. The van der Waals surface area contributed by atoms with Crippen LogP contribution in [0.5, 0.6) is 5.75 Å². The minimum Gasteiger partial charge on any atom is -0.494 e. The third kappa shape index (κ3) is 3.32. The van der Waals surface area contributed by atoms with Gasteiger partial charge in [0, 0.05) is 10.4 Å². The minimum atomic E-state index is -0.625. The van der Waals surface area contributed by atoms with Crippen LogP contribution in [-0.4, -0.2) is 22.4 Å². The van der Waals surface area contributed by atoms with Crippen molar-refractivity contribution in [1.29, 1.82) is 0 Å². The molecule has 0 atom stereocenters. The zero-order chi connectivity index (χ0) is 19.7. The summed E-state index contributed by atoms with van der Waals surface area (Å²) in [4.78, 5) is 30.5. The van der Waals surface area contributed by atoms with E-state index in [2.05, 4.69) is 4.98 Å². The summed E-state index contributed by atoms with van der Waals surface area (Å²) in [5.74, 6) is -0.950. The van der Waals surface area contributed by atoms with Gasteiger partial charge in [-0.1, -0.05) is 30.3 Å². The first-order chi connectivity index (χ1) is 13.6. The number of methoxy groups -OCH3 is 1. The Morgan fingerprint density at radius 1 is 1.18 bits per heavy atom. The van der Waals surface area contributed by atoms with Crippen LogP contribution in [0.4, 0.5) is 4.39 Å². The molecule has 0 unspecified atom stereocenters. The summed E-state index contributed by atoms with van der Waals surface area (Å²) in [6.45, 7) is -0.216. The molecule has 0 radical (unpaired) electrons. The Bertz CT molecular complexity index is 1230. The van der Waals surface area contributed by atoms with Gasteiger partial charge in [-0.15, -0.1) is 11.3 Å². The molecule has 0 amide bonds. The third-order valence-corrected chi connectivity index (χ3v) is 5.51. The van der Waals surface area contributed by atoms with Gasteiger partial charge in [-0.3, -0.25) is 14.2 Å². The fourth-order valence-corrected chi connectivity index (χ4v) is 3.95. The van der Waals surface area contributed by atoms with Gasteiger partial charge in [-0.25, -0.2) is 9.37 Å². The van der Waals surface area contributed by atoms with Crippen molar-refractivity contribution in [3.63, 3.8) is 0 Å². The number of hydrogen-bond acceptors (Lipinski definition) is 5. The van der Waals surface area contributed by atoms with E-state index in [1.54, 1.807) is 0 Å². The average Bonchev–Trinajstić information content (AvgIpc) is 3.16. The van der Waals surface area contributed by atoms with E-state index in [9.17, 15) is 14.0 Å². The van der Waals surface area contributed by atoms with Gasteiger partial charge in [0.1, 0.15) is 4.70 Å². The lowest BCUT2D eigenvalue weighted by Crippen LogP contribution is -2.24. The normalized spacial score (nSPS) is 10.9. The topological polar surface area (TPSA) is 61.2 Å². The van der Waals surface area contributed by atoms with Crippen molar-refractivity contribution in [1.82, 2.24) is 9.55 Å². The summed E-state index contributed by atoms with van der Waals surface area (Å²) in [5.41, 5.74) is 1.47. The van der Waals surface area contributed by atoms with Crippen molar-refractivity contribution < 1.29 is 13.9 Å². The molecular weight excluding hydrogens is 379 g/mol. The van der Waals surface area contributed by atoms with Crippen LogP contribution in [0.25, 0.3) is 20.7 Å². The van der Waals surface area contributed by atoms with Crippen LogP contribution in [0.2, 0.25) is 0 Å². The first-order valence-corrected chi connectivity index (χ1v) is 9.29. The van der Waals surface area contributed by atoms with E-state index in [4.69, 9.17) is 4.74 Å². The number of nitrogens with zero attached hydrogens (tertiary/aromatic N) is 2. The number of ketones is 1. The maximum absolute atomic E-state index is 13.8. The van der Waals surface area contributed by atoms with Gasteiger partial charge in [-0.2, -0.15) is 0 Å². The van der Waals surface area contributed by atoms with Gasteiger partial charge in [-0.05, 0) is 29.8 Å². The molecule has 7 heteroatoms. The van der Waals surface area contributed by atoms with E-state index in [1.165, 1.54) is 41.5 Å². The Hall–Kier alpha value is -3.32. The van der Waals surface area contributed by atoms with Crippen molar-refractivity contribution in [3.8, 4) is 16.2 Å². The highest BCUT2D eigenvalue weighted by molar-refractivity contribution is 7.22. The lowest BCUT2D eigenvalue weighted by Gasteiger charge is -2.06. The second kappa shape index (κ2) is 7.36. The monoisotopic (exact) mass is 394 g/mol. The number of halogens is 1. The van der Waals surface area contributed by atoms with Crippen molar-refractivity contribution in [2.24, 2.45) is 0 Å². The third-order valence-electron chi connectivity index (χ3n) is 4.35. The zero-order valence-corrected chi connectivity index (χ0v) is 15.7. The molecule has 0 aliphatic rings. The van der Waals surface area contributed by atoms with E-state index < -0.39 is 5.82 Å². The largest absolute Gasteiger partial charge is 0.494 e. The lowest BCUT2D eigenvalue weighted by molar-refractivity contribution is 0.0970. The van der Waals surface area contributed by atoms with Crippen LogP contribution >= 0.6 is 11.3 Å². The molecular formula is C21H15FN2O3S. The summed E-state index contributed by atoms with van der Waals surface area (Å²) in [7, 11) is 1.35. The smallest absolute Gasteiger partial charge is 0.271 e. The highest BCUT2D eigenvalue weighted by Gasteiger charge is 2.15. The van der Waals surface area contributed by atoms with E-state index in [-0.39, 0.29) is 29.2 Å². The number of aromatic nitrogens is 2. The number of benzene rings is 2. The molecule has 0 saturated heterocycles. The van der Waals surface area contributed by atoms with Gasteiger partial charge in [0.15, 0.2) is 17.3 Å². The van der Waals surface area contributed by atoms with Crippen LogP contribution in [0.15, 0.2) is 65.7 Å². The van der Waals surface area contributed by atoms with E-state index >= 15 is 0 Å². The number of rotatable bonds is 5. The number of thiophene rings is 1. The Kier molecular flexibility index (Phi) is 4.75. The number of hydrogen-bond donors (Lipinski definition) is 0. The summed E-state index contributed by atoms with van der Waals surface area (Å²) in [6.07, 6.45) is 1.35. The lowest BCUT2D eigenvalue weighted by atomic mass is 10.1. The maximum Gasteiger partial charge on any atom is 0.271 e. The highest BCUT2D eigenvalue weighted by atomic mass is 32.1. The molecule has 0 fully saturated rings. The predicted molar refractivity (Wildman–Crippen MR) is 107 cm³/mol. The number of carbonyl (C=O) groups excluding carboxylic acids is 1. The Balaban J connectivity index is 1.66. The molecule has 0 aliphatic heterocycles. The molecule has 2 aromatic heterocycles. The Labute approximate surface area is 163 Å². The maximum atomic E-state index is 13.8. The SMILES string of the molecule is COc1ccc(C(=O)Cn2cnc3cc(-c4ccccc4)sc3c2=O)cc1F. The number of carbonyl (C=O) groups is 1. The Morgan fingerprint density at radius 3 is 2.68 bits per heavy atom. The molecule has 0 N–H and O–H groups in total. The number of Topliss-reactive ketones (excluding diaryl/α,β-unsaturated/α-hetero) is 1. The predicted octanol–water partition coefficient (Wildman–Crippen LogP) is 4.16. The fourth-order valence-electron chi connectivity index (χ4n) is 2.89. The van der Waals surface area contributed by atoms with Crippen LogP contribution < -0.4 is 10.3 Å². The van der Waals surface area contributed by atoms with Crippen molar-refractivity contribution >= 4 is 27.3 Å². The van der Waals surface area contributed by atoms with Crippen LogP contribution in [-0.2, 0) is 6.54 Å². The van der Waals surface area contributed by atoms with E-state index in [0.29, 0.717) is 10.2 Å². The van der Waals surface area contributed by atoms with Crippen LogP contribution in [0.1, 0.15) is 10.4 Å². The second-order valence-corrected chi connectivity index (χ2v) is 7.19. The first kappa shape index (κ1) is 18.1. The highest BCUT2D eigenvalue weighted by Crippen LogP contribution is 2.30. The van der Waals surface area contributed by atoms with Gasteiger partial charge in [0.25, 0.3) is 5.56 Å². The van der Waals surface area contributed by atoms with Crippen LogP contribution in [0.3, 0.4) is 0 Å². The first-order valence-electron chi connectivity index (χ1n) is 8.48. The van der Waals surface area contributed by atoms with Crippen LogP contribution in [0, 0.1) is 5.82 Å². The van der Waals surface area contributed by atoms with Gasteiger partial charge in [0.05, 0.1) is 25.5 Å². The molecule has 4 rings (SSSR count). The van der Waals surface area contributed by atoms with Crippen molar-refractivity contribution in [3.05, 3.63) is 82.7 Å². The van der Waals surface area contributed by atoms with Gasteiger partial charge < -0.3 is 4.74 Å². The molecule has 5 nitrogen and oxygen atoms in total. The molecule has 4 aromatic rings. The standard InChI is InChI=1S/C21H15FN2O3S/c1-27-18-8-7-14(9-15(18)22)17(25)11-24-12-23-16-10-19(28-20(16)21(24)26)13-5-3-2-4-6-13/h2-10,12H,11H2,1H3. The molecule has 2 aromatic carbocycles. The number of ether oxygens (including phenoxy) is 1. The summed E-state index contributed by atoms with van der Waals surface area (Å²) >= 11 is 1.34. The molecule has 0 spiro atoms. The Morgan fingerprint density at radius 2 is 1.96 bits per heavy atom. The molecule has 0 bridgehead atoms. The van der Waals surface area contributed by atoms with E-state index in [1.807, 2.05) is 36.4 Å². The van der Waals surface area contributed by atoms with Gasteiger partial charge >= 0.3 is 0 Å². The second-order valence-electron chi connectivity index (χ2n) is 6.14. The van der Waals surface area contributed by atoms with Crippen molar-refractivity contribution in [2.75, 3.05) is 7.11 Å². The van der Waals surface area contributed by atoms with E-state index in [0.717, 1.165) is 16.5 Å².